The fraction of sp³-hybridized carbons (Fsp3) is 0.333. The SMILES string of the molecule is CSc1nc2nc(C)c(CCC(=O)Nc3ccc(CS(N)(=O)=O)cc3)c(C)n2n1. The number of rotatable bonds is 7. The molecule has 0 aliphatic heterocycles. The van der Waals surface area contributed by atoms with Crippen LogP contribution in [0.3, 0.4) is 0 Å². The molecule has 0 atom stereocenters. The number of thioether (sulfide) groups is 1. The standard InChI is InChI=1S/C18H22N6O3S2/c1-11-15(12(2)24-17(20-11)22-18(23-24)28-3)8-9-16(25)21-14-6-4-13(5-7-14)10-29(19,26)27/h4-7H,8-10H2,1-3H3,(H,21,25)(H2,19,26,27). The molecule has 0 saturated heterocycles. The molecular formula is C18H22N6O3S2. The van der Waals surface area contributed by atoms with Crippen LogP contribution in [-0.2, 0) is 27.0 Å². The number of fused-ring (bicyclic) bond motifs is 1. The fourth-order valence-electron chi connectivity index (χ4n) is 3.02. The van der Waals surface area contributed by atoms with E-state index < -0.39 is 10.0 Å². The minimum absolute atomic E-state index is 0.147. The highest BCUT2D eigenvalue weighted by Crippen LogP contribution is 2.18. The number of primary sulfonamides is 1. The van der Waals surface area contributed by atoms with E-state index in [0.717, 1.165) is 17.0 Å². The van der Waals surface area contributed by atoms with Crippen molar-refractivity contribution in [1.82, 2.24) is 19.6 Å². The monoisotopic (exact) mass is 434 g/mol. The van der Waals surface area contributed by atoms with Crippen LogP contribution in [-0.4, -0.2) is 40.2 Å². The molecule has 0 fully saturated rings. The van der Waals surface area contributed by atoms with Gasteiger partial charge in [0.05, 0.1) is 5.75 Å². The van der Waals surface area contributed by atoms with Crippen molar-refractivity contribution in [2.45, 2.75) is 37.6 Å². The third-order valence-electron chi connectivity index (χ3n) is 4.42. The molecule has 2 heterocycles. The lowest BCUT2D eigenvalue weighted by Crippen LogP contribution is -2.15. The van der Waals surface area contributed by atoms with Crippen LogP contribution in [0.25, 0.3) is 5.78 Å². The maximum atomic E-state index is 12.4. The molecule has 3 aromatic rings. The van der Waals surface area contributed by atoms with E-state index >= 15 is 0 Å². The van der Waals surface area contributed by atoms with Crippen LogP contribution in [0.15, 0.2) is 29.4 Å². The number of aryl methyl sites for hydroxylation is 2. The smallest absolute Gasteiger partial charge is 0.253 e. The second kappa shape index (κ2) is 8.47. The van der Waals surface area contributed by atoms with E-state index in [-0.39, 0.29) is 18.1 Å². The first-order valence-corrected chi connectivity index (χ1v) is 11.8. The number of hydrogen-bond acceptors (Lipinski definition) is 7. The number of sulfonamides is 1. The molecule has 0 unspecified atom stereocenters. The lowest BCUT2D eigenvalue weighted by molar-refractivity contribution is -0.116. The molecule has 0 radical (unpaired) electrons. The van der Waals surface area contributed by atoms with E-state index in [4.69, 9.17) is 5.14 Å². The van der Waals surface area contributed by atoms with E-state index in [1.165, 1.54) is 11.8 Å². The van der Waals surface area contributed by atoms with Gasteiger partial charge in [0.2, 0.25) is 21.1 Å². The maximum Gasteiger partial charge on any atom is 0.253 e. The number of benzene rings is 1. The first-order chi connectivity index (χ1) is 13.7. The fourth-order valence-corrected chi connectivity index (χ4v) is 4.01. The van der Waals surface area contributed by atoms with Crippen LogP contribution in [0.4, 0.5) is 5.69 Å². The van der Waals surface area contributed by atoms with Gasteiger partial charge >= 0.3 is 0 Å². The Hall–Kier alpha value is -2.50. The number of hydrogen-bond donors (Lipinski definition) is 2. The predicted molar refractivity (Wildman–Crippen MR) is 112 cm³/mol. The summed E-state index contributed by atoms with van der Waals surface area (Å²) >= 11 is 1.45. The Labute approximate surface area is 173 Å². The summed E-state index contributed by atoms with van der Waals surface area (Å²) in [6.07, 6.45) is 2.70. The number of carbonyl (C=O) groups excluding carboxylic acids is 1. The van der Waals surface area contributed by atoms with Crippen molar-refractivity contribution < 1.29 is 13.2 Å². The molecule has 11 heteroatoms. The van der Waals surface area contributed by atoms with Crippen LogP contribution in [0, 0.1) is 13.8 Å². The van der Waals surface area contributed by atoms with Gasteiger partial charge in [-0.1, -0.05) is 23.9 Å². The quantitative estimate of drug-likeness (QED) is 0.542. The van der Waals surface area contributed by atoms with Gasteiger partial charge in [0.25, 0.3) is 5.78 Å². The molecule has 3 N–H and O–H groups in total. The zero-order chi connectivity index (χ0) is 21.2. The average Bonchev–Trinajstić information content (AvgIpc) is 3.05. The summed E-state index contributed by atoms with van der Waals surface area (Å²) in [6, 6.07) is 6.56. The second-order valence-corrected chi connectivity index (χ2v) is 9.01. The first-order valence-electron chi connectivity index (χ1n) is 8.82. The van der Waals surface area contributed by atoms with E-state index in [1.54, 1.807) is 28.8 Å². The summed E-state index contributed by atoms with van der Waals surface area (Å²) in [7, 11) is -3.58. The maximum absolute atomic E-state index is 12.4. The summed E-state index contributed by atoms with van der Waals surface area (Å²) < 4.78 is 24.0. The molecule has 154 valence electrons. The Morgan fingerprint density at radius 1 is 1.21 bits per heavy atom. The third kappa shape index (κ3) is 5.31. The number of nitrogens with two attached hydrogens (primary N) is 1. The molecule has 1 aromatic carbocycles. The average molecular weight is 435 g/mol. The van der Waals surface area contributed by atoms with Gasteiger partial charge in [0, 0.05) is 23.5 Å². The topological polar surface area (TPSA) is 132 Å². The van der Waals surface area contributed by atoms with E-state index in [9.17, 15) is 13.2 Å². The molecule has 29 heavy (non-hydrogen) atoms. The normalized spacial score (nSPS) is 11.7. The third-order valence-corrected chi connectivity index (χ3v) is 5.69. The minimum atomic E-state index is -3.58. The van der Waals surface area contributed by atoms with Crippen LogP contribution in [0.5, 0.6) is 0 Å². The predicted octanol–water partition coefficient (Wildman–Crippen LogP) is 1.82. The molecule has 0 aliphatic carbocycles. The number of aromatic nitrogens is 4. The Morgan fingerprint density at radius 2 is 1.90 bits per heavy atom. The van der Waals surface area contributed by atoms with Crippen molar-refractivity contribution >= 4 is 39.2 Å². The lowest BCUT2D eigenvalue weighted by Gasteiger charge is -2.11. The van der Waals surface area contributed by atoms with Crippen LogP contribution < -0.4 is 10.5 Å². The van der Waals surface area contributed by atoms with Crippen molar-refractivity contribution in [3.05, 3.63) is 46.8 Å². The summed E-state index contributed by atoms with van der Waals surface area (Å²) in [5.74, 6) is 0.166. The molecule has 2 aromatic heterocycles. The summed E-state index contributed by atoms with van der Waals surface area (Å²) in [5, 5.41) is 12.9. The molecule has 0 bridgehead atoms. The van der Waals surface area contributed by atoms with Gasteiger partial charge in [-0.15, -0.1) is 5.10 Å². The number of nitrogens with zero attached hydrogens (tertiary/aromatic N) is 4. The molecule has 0 spiro atoms. The molecule has 3 rings (SSSR count). The number of carbonyl (C=O) groups is 1. The lowest BCUT2D eigenvalue weighted by atomic mass is 10.1. The van der Waals surface area contributed by atoms with Crippen LogP contribution >= 0.6 is 11.8 Å². The molecular weight excluding hydrogens is 412 g/mol. The van der Waals surface area contributed by atoms with Gasteiger partial charge in [0.1, 0.15) is 0 Å². The first kappa shape index (κ1) is 21.2. The summed E-state index contributed by atoms with van der Waals surface area (Å²) in [4.78, 5) is 21.2. The highest BCUT2D eigenvalue weighted by atomic mass is 32.2. The molecule has 1 amide bonds. The highest BCUT2D eigenvalue weighted by molar-refractivity contribution is 7.98. The second-order valence-electron chi connectivity index (χ2n) is 6.62. The van der Waals surface area contributed by atoms with Crippen molar-refractivity contribution in [3.63, 3.8) is 0 Å². The van der Waals surface area contributed by atoms with Gasteiger partial charge in [0.15, 0.2) is 0 Å². The molecule has 0 saturated carbocycles. The van der Waals surface area contributed by atoms with Crippen molar-refractivity contribution in [2.75, 3.05) is 11.6 Å². The van der Waals surface area contributed by atoms with Crippen molar-refractivity contribution in [1.29, 1.82) is 0 Å². The van der Waals surface area contributed by atoms with Gasteiger partial charge < -0.3 is 5.32 Å². The van der Waals surface area contributed by atoms with Crippen LogP contribution in [0.2, 0.25) is 0 Å². The molecule has 0 aliphatic rings. The Morgan fingerprint density at radius 3 is 2.52 bits per heavy atom. The largest absolute Gasteiger partial charge is 0.326 e. The number of amides is 1. The van der Waals surface area contributed by atoms with Crippen LogP contribution in [0.1, 0.15) is 28.9 Å². The minimum Gasteiger partial charge on any atom is -0.326 e. The van der Waals surface area contributed by atoms with Gasteiger partial charge in [-0.2, -0.15) is 4.98 Å². The van der Waals surface area contributed by atoms with Gasteiger partial charge in [-0.25, -0.2) is 23.1 Å². The van der Waals surface area contributed by atoms with E-state index in [0.29, 0.717) is 28.6 Å². The van der Waals surface area contributed by atoms with Gasteiger partial charge in [-0.05, 0) is 49.8 Å². The van der Waals surface area contributed by atoms with E-state index in [2.05, 4.69) is 20.4 Å². The van der Waals surface area contributed by atoms with Crippen molar-refractivity contribution in [3.8, 4) is 0 Å². The van der Waals surface area contributed by atoms with Crippen molar-refractivity contribution in [2.24, 2.45) is 5.14 Å². The summed E-state index contributed by atoms with van der Waals surface area (Å²) in [6.45, 7) is 3.84. The van der Waals surface area contributed by atoms with E-state index in [1.807, 2.05) is 20.1 Å². The Balaban J connectivity index is 1.66. The number of anilines is 1. The zero-order valence-electron chi connectivity index (χ0n) is 16.3. The Bertz CT molecular complexity index is 1160. The number of nitrogens with one attached hydrogen (secondary N) is 1. The molecule has 9 nitrogen and oxygen atoms in total. The summed E-state index contributed by atoms with van der Waals surface area (Å²) in [5.41, 5.74) is 3.87. The zero-order valence-corrected chi connectivity index (χ0v) is 18.0. The highest BCUT2D eigenvalue weighted by Gasteiger charge is 2.14. The Kier molecular flexibility index (Phi) is 6.20. The van der Waals surface area contributed by atoms with Gasteiger partial charge in [-0.3, -0.25) is 4.79 Å².